The van der Waals surface area contributed by atoms with Crippen LogP contribution in [-0.4, -0.2) is 50.3 Å². The zero-order valence-electron chi connectivity index (χ0n) is 22.7. The van der Waals surface area contributed by atoms with Gasteiger partial charge in [-0.15, -0.1) is 11.3 Å². The Morgan fingerprint density at radius 3 is 2.50 bits per heavy atom. The number of aryl methyl sites for hydroxylation is 1. The summed E-state index contributed by atoms with van der Waals surface area (Å²) in [6.45, 7) is 14.5. The molecular weight excluding hydrogens is 498 g/mol. The Kier molecular flexibility index (Phi) is 7.29. The number of methoxy groups -OCH3 is 1. The Morgan fingerprint density at radius 1 is 1.13 bits per heavy atom. The number of thiazole rings is 1. The molecule has 0 bridgehead atoms. The summed E-state index contributed by atoms with van der Waals surface area (Å²) < 4.78 is 19.5. The SMILES string of the molecule is C=C(OC(C)(C)C)N1CCC(c2cc(OCc3ccc(OC)cc3)nc3c(-c4cnc(C)s4)cnn23)CC1. The monoisotopic (exact) mass is 533 g/mol. The van der Waals surface area contributed by atoms with Crippen LogP contribution < -0.4 is 9.47 Å². The second-order valence-electron chi connectivity index (χ2n) is 10.6. The van der Waals surface area contributed by atoms with E-state index >= 15 is 0 Å². The fourth-order valence-corrected chi connectivity index (χ4v) is 5.49. The fourth-order valence-electron chi connectivity index (χ4n) is 4.71. The van der Waals surface area contributed by atoms with Crippen molar-refractivity contribution in [1.82, 2.24) is 24.5 Å². The van der Waals surface area contributed by atoms with E-state index < -0.39 is 0 Å². The molecule has 8 nitrogen and oxygen atoms in total. The molecule has 1 fully saturated rings. The van der Waals surface area contributed by atoms with Gasteiger partial charge < -0.3 is 19.1 Å². The van der Waals surface area contributed by atoms with Crippen molar-refractivity contribution >= 4 is 17.0 Å². The van der Waals surface area contributed by atoms with Gasteiger partial charge in [-0.1, -0.05) is 12.1 Å². The van der Waals surface area contributed by atoms with E-state index in [4.69, 9.17) is 24.3 Å². The van der Waals surface area contributed by atoms with Gasteiger partial charge >= 0.3 is 0 Å². The van der Waals surface area contributed by atoms with E-state index in [1.165, 1.54) is 0 Å². The van der Waals surface area contributed by atoms with Crippen molar-refractivity contribution in [2.24, 2.45) is 0 Å². The Hall–Kier alpha value is -3.59. The molecule has 38 heavy (non-hydrogen) atoms. The molecule has 0 N–H and O–H groups in total. The second-order valence-corrected chi connectivity index (χ2v) is 11.8. The molecule has 0 radical (unpaired) electrons. The van der Waals surface area contributed by atoms with Crippen molar-refractivity contribution in [3.63, 3.8) is 0 Å². The first-order valence-corrected chi connectivity index (χ1v) is 13.7. The number of likely N-dealkylation sites (tertiary alicyclic amines) is 1. The van der Waals surface area contributed by atoms with E-state index in [1.54, 1.807) is 18.4 Å². The molecule has 1 aliphatic heterocycles. The van der Waals surface area contributed by atoms with E-state index in [0.29, 0.717) is 18.4 Å². The van der Waals surface area contributed by atoms with Gasteiger partial charge in [0.2, 0.25) is 5.88 Å². The maximum Gasteiger partial charge on any atom is 0.217 e. The van der Waals surface area contributed by atoms with Gasteiger partial charge in [0.1, 0.15) is 18.0 Å². The van der Waals surface area contributed by atoms with Crippen LogP contribution >= 0.6 is 11.3 Å². The summed E-state index contributed by atoms with van der Waals surface area (Å²) in [5, 5.41) is 5.78. The first-order chi connectivity index (χ1) is 18.2. The predicted molar refractivity (Wildman–Crippen MR) is 150 cm³/mol. The topological polar surface area (TPSA) is 74.0 Å². The average molecular weight is 534 g/mol. The Bertz CT molecular complexity index is 1410. The average Bonchev–Trinajstić information content (AvgIpc) is 3.52. The molecule has 0 atom stereocenters. The lowest BCUT2D eigenvalue weighted by atomic mass is 9.93. The summed E-state index contributed by atoms with van der Waals surface area (Å²) in [5.41, 5.74) is 3.65. The van der Waals surface area contributed by atoms with Crippen LogP contribution in [0.5, 0.6) is 11.6 Å². The third kappa shape index (κ3) is 5.78. The molecule has 0 amide bonds. The lowest BCUT2D eigenvalue weighted by Crippen LogP contribution is -2.36. The minimum atomic E-state index is -0.262. The summed E-state index contributed by atoms with van der Waals surface area (Å²) in [7, 11) is 1.66. The van der Waals surface area contributed by atoms with E-state index in [-0.39, 0.29) is 5.60 Å². The quantitative estimate of drug-likeness (QED) is 0.249. The van der Waals surface area contributed by atoms with Crippen LogP contribution in [0.3, 0.4) is 0 Å². The molecule has 1 saturated heterocycles. The van der Waals surface area contributed by atoms with Crippen molar-refractivity contribution in [3.05, 3.63) is 71.5 Å². The molecule has 4 aromatic rings. The highest BCUT2D eigenvalue weighted by atomic mass is 32.1. The second kappa shape index (κ2) is 10.6. The number of hydrogen-bond acceptors (Lipinski definition) is 8. The molecule has 0 unspecified atom stereocenters. The number of ether oxygens (including phenoxy) is 3. The predicted octanol–water partition coefficient (Wildman–Crippen LogP) is 6.21. The van der Waals surface area contributed by atoms with Crippen molar-refractivity contribution in [2.45, 2.75) is 58.7 Å². The standard InChI is InChI=1S/C29H35N5O3S/c1-19-30-17-26(38-19)24-16-31-34-25(22-11-13-33(14-12-22)20(2)37-29(3,4)5)15-27(32-28(24)34)36-18-21-7-9-23(35-6)10-8-21/h7-10,15-17,22H,2,11-14,18H2,1,3-6H3. The zero-order valence-corrected chi connectivity index (χ0v) is 23.5. The molecule has 9 heteroatoms. The van der Waals surface area contributed by atoms with E-state index in [1.807, 2.05) is 74.9 Å². The van der Waals surface area contributed by atoms with E-state index in [2.05, 4.69) is 16.5 Å². The first-order valence-electron chi connectivity index (χ1n) is 12.9. The molecule has 1 aromatic carbocycles. The van der Waals surface area contributed by atoms with Crippen LogP contribution in [0.25, 0.3) is 16.1 Å². The smallest absolute Gasteiger partial charge is 0.217 e. The minimum absolute atomic E-state index is 0.262. The number of rotatable bonds is 8. The summed E-state index contributed by atoms with van der Waals surface area (Å²) >= 11 is 1.64. The largest absolute Gasteiger partial charge is 0.497 e. The summed E-state index contributed by atoms with van der Waals surface area (Å²) in [6.07, 6.45) is 5.69. The van der Waals surface area contributed by atoms with Crippen LogP contribution in [0, 0.1) is 6.92 Å². The molecule has 0 spiro atoms. The number of piperidine rings is 1. The third-order valence-electron chi connectivity index (χ3n) is 6.60. The molecular formula is C29H35N5O3S. The van der Waals surface area contributed by atoms with Crippen LogP contribution in [0.15, 0.2) is 55.2 Å². The molecule has 0 aliphatic carbocycles. The molecule has 0 saturated carbocycles. The highest BCUT2D eigenvalue weighted by Crippen LogP contribution is 2.35. The fraction of sp³-hybridized carbons (Fsp3) is 0.414. The van der Waals surface area contributed by atoms with Gasteiger partial charge in [0, 0.05) is 31.3 Å². The van der Waals surface area contributed by atoms with E-state index in [0.717, 1.165) is 69.9 Å². The number of benzene rings is 1. The number of nitrogens with zero attached hydrogens (tertiary/aromatic N) is 5. The maximum atomic E-state index is 6.24. The Morgan fingerprint density at radius 2 is 1.87 bits per heavy atom. The maximum absolute atomic E-state index is 6.24. The number of aromatic nitrogens is 4. The summed E-state index contributed by atoms with van der Waals surface area (Å²) in [4.78, 5) is 12.6. The minimum Gasteiger partial charge on any atom is -0.497 e. The lowest BCUT2D eigenvalue weighted by molar-refractivity contribution is -0.00308. The van der Waals surface area contributed by atoms with Gasteiger partial charge in [-0.3, -0.25) is 0 Å². The molecule has 4 heterocycles. The third-order valence-corrected chi connectivity index (χ3v) is 7.54. The van der Waals surface area contributed by atoms with Crippen molar-refractivity contribution < 1.29 is 14.2 Å². The molecule has 200 valence electrons. The van der Waals surface area contributed by atoms with Crippen molar-refractivity contribution in [1.29, 1.82) is 0 Å². The normalized spacial score (nSPS) is 14.6. The lowest BCUT2D eigenvalue weighted by Gasteiger charge is -2.36. The first kappa shape index (κ1) is 26.0. The zero-order chi connectivity index (χ0) is 26.9. The van der Waals surface area contributed by atoms with Crippen LogP contribution in [-0.2, 0) is 11.3 Å². The molecule has 5 rings (SSSR count). The summed E-state index contributed by atoms with van der Waals surface area (Å²) in [5.74, 6) is 2.45. The Labute approximate surface area is 227 Å². The van der Waals surface area contributed by atoms with Gasteiger partial charge in [-0.25, -0.2) is 9.50 Å². The van der Waals surface area contributed by atoms with E-state index in [9.17, 15) is 0 Å². The highest BCUT2D eigenvalue weighted by molar-refractivity contribution is 7.15. The van der Waals surface area contributed by atoms with Gasteiger partial charge in [-0.05, 0) is 64.8 Å². The van der Waals surface area contributed by atoms with Crippen LogP contribution in [0.2, 0.25) is 0 Å². The van der Waals surface area contributed by atoms with Gasteiger partial charge in [0.15, 0.2) is 11.5 Å². The van der Waals surface area contributed by atoms with Crippen LogP contribution in [0.1, 0.15) is 55.8 Å². The van der Waals surface area contributed by atoms with Crippen molar-refractivity contribution in [2.75, 3.05) is 20.2 Å². The van der Waals surface area contributed by atoms with Crippen LogP contribution in [0.4, 0.5) is 0 Å². The highest BCUT2D eigenvalue weighted by Gasteiger charge is 2.27. The van der Waals surface area contributed by atoms with Gasteiger partial charge in [0.25, 0.3) is 0 Å². The molecule has 1 aliphatic rings. The summed E-state index contributed by atoms with van der Waals surface area (Å²) in [6, 6.07) is 9.93. The Balaban J connectivity index is 1.42. The number of fused-ring (bicyclic) bond motifs is 1. The van der Waals surface area contributed by atoms with Gasteiger partial charge in [0.05, 0.1) is 34.4 Å². The van der Waals surface area contributed by atoms with Crippen molar-refractivity contribution in [3.8, 4) is 22.1 Å². The number of hydrogen-bond donors (Lipinski definition) is 0. The van der Waals surface area contributed by atoms with Gasteiger partial charge in [-0.2, -0.15) is 10.1 Å². The molecule has 3 aromatic heterocycles.